The van der Waals surface area contributed by atoms with E-state index in [0.29, 0.717) is 17.8 Å². The molecule has 1 aliphatic heterocycles. The Morgan fingerprint density at radius 3 is 2.79 bits per heavy atom. The molecule has 2 atom stereocenters. The summed E-state index contributed by atoms with van der Waals surface area (Å²) in [4.78, 5) is 26.2. The molecule has 0 aromatic heterocycles. The van der Waals surface area contributed by atoms with Gasteiger partial charge in [-0.3, -0.25) is 14.5 Å². The quantitative estimate of drug-likeness (QED) is 0.817. The maximum absolute atomic E-state index is 12.4. The van der Waals surface area contributed by atoms with Crippen LogP contribution in [0.3, 0.4) is 0 Å². The lowest BCUT2D eigenvalue weighted by Crippen LogP contribution is -2.51. The first-order valence-electron chi connectivity index (χ1n) is 6.14. The van der Waals surface area contributed by atoms with Crippen LogP contribution in [0.15, 0.2) is 23.1 Å². The fraction of sp³-hybridized carbons (Fsp3) is 0.385. The van der Waals surface area contributed by atoms with Gasteiger partial charge in [-0.05, 0) is 31.5 Å². The molecular weight excluding hydrogens is 262 g/mol. The number of amides is 2. The molecular formula is C13H17N3O2S. The Morgan fingerprint density at radius 2 is 2.21 bits per heavy atom. The van der Waals surface area contributed by atoms with Crippen molar-refractivity contribution in [1.29, 1.82) is 0 Å². The van der Waals surface area contributed by atoms with Crippen LogP contribution in [0.1, 0.15) is 20.3 Å². The molecule has 0 fully saturated rings. The fourth-order valence-electron chi connectivity index (χ4n) is 2.09. The van der Waals surface area contributed by atoms with Crippen molar-refractivity contribution < 1.29 is 9.59 Å². The molecule has 1 aliphatic rings. The summed E-state index contributed by atoms with van der Waals surface area (Å²) < 4.78 is 0. The van der Waals surface area contributed by atoms with E-state index in [4.69, 9.17) is 11.5 Å². The van der Waals surface area contributed by atoms with E-state index in [-0.39, 0.29) is 11.2 Å². The number of carbonyl (C=O) groups excluding carboxylic acids is 2. The number of anilines is 2. The molecule has 0 radical (unpaired) electrons. The largest absolute Gasteiger partial charge is 0.399 e. The first-order valence-corrected chi connectivity index (χ1v) is 7.02. The molecule has 102 valence electrons. The second kappa shape index (κ2) is 5.13. The zero-order chi connectivity index (χ0) is 14.2. The molecule has 0 bridgehead atoms. The van der Waals surface area contributed by atoms with Gasteiger partial charge in [0.1, 0.15) is 6.04 Å². The van der Waals surface area contributed by atoms with Crippen LogP contribution in [0.2, 0.25) is 0 Å². The minimum Gasteiger partial charge on any atom is -0.399 e. The number of hydrogen-bond acceptors (Lipinski definition) is 4. The SMILES string of the molecule is CCC1Sc2cc(N)ccc2N(C(C)C(N)=O)C1=O. The van der Waals surface area contributed by atoms with Crippen LogP contribution in [0, 0.1) is 0 Å². The van der Waals surface area contributed by atoms with E-state index in [9.17, 15) is 9.59 Å². The number of rotatable bonds is 3. The van der Waals surface area contributed by atoms with Gasteiger partial charge in [-0.1, -0.05) is 6.92 Å². The average Bonchev–Trinajstić information content (AvgIpc) is 2.37. The lowest BCUT2D eigenvalue weighted by atomic mass is 10.1. The molecule has 0 saturated carbocycles. The minimum absolute atomic E-state index is 0.0731. The Hall–Kier alpha value is -1.69. The van der Waals surface area contributed by atoms with E-state index < -0.39 is 11.9 Å². The number of thioether (sulfide) groups is 1. The maximum Gasteiger partial charge on any atom is 0.241 e. The van der Waals surface area contributed by atoms with Crippen molar-refractivity contribution in [2.45, 2.75) is 36.5 Å². The van der Waals surface area contributed by atoms with Crippen LogP contribution < -0.4 is 16.4 Å². The fourth-order valence-corrected chi connectivity index (χ4v) is 3.27. The summed E-state index contributed by atoms with van der Waals surface area (Å²) in [6.07, 6.45) is 0.694. The Bertz CT molecular complexity index is 533. The Labute approximate surface area is 116 Å². The first-order chi connectivity index (χ1) is 8.95. The van der Waals surface area contributed by atoms with Gasteiger partial charge in [-0.15, -0.1) is 11.8 Å². The summed E-state index contributed by atoms with van der Waals surface area (Å²) in [6.45, 7) is 3.59. The van der Waals surface area contributed by atoms with Crippen LogP contribution in [0.25, 0.3) is 0 Å². The van der Waals surface area contributed by atoms with Crippen molar-refractivity contribution in [1.82, 2.24) is 0 Å². The highest BCUT2D eigenvalue weighted by atomic mass is 32.2. The molecule has 0 spiro atoms. The molecule has 2 amide bonds. The van der Waals surface area contributed by atoms with Gasteiger partial charge < -0.3 is 11.5 Å². The molecule has 4 N–H and O–H groups in total. The van der Waals surface area contributed by atoms with Gasteiger partial charge >= 0.3 is 0 Å². The van der Waals surface area contributed by atoms with Crippen LogP contribution in [-0.2, 0) is 9.59 Å². The van der Waals surface area contributed by atoms with Gasteiger partial charge in [0, 0.05) is 10.6 Å². The molecule has 2 unspecified atom stereocenters. The van der Waals surface area contributed by atoms with Crippen molar-refractivity contribution in [2.24, 2.45) is 5.73 Å². The highest BCUT2D eigenvalue weighted by Crippen LogP contribution is 2.42. The molecule has 1 heterocycles. The number of primary amides is 1. The number of fused-ring (bicyclic) bond motifs is 1. The third-order valence-corrected chi connectivity index (χ3v) is 4.60. The number of benzene rings is 1. The van der Waals surface area contributed by atoms with Crippen LogP contribution >= 0.6 is 11.8 Å². The maximum atomic E-state index is 12.4. The van der Waals surface area contributed by atoms with Crippen molar-refractivity contribution in [3.05, 3.63) is 18.2 Å². The normalized spacial score (nSPS) is 20.0. The second-order valence-corrected chi connectivity index (χ2v) is 5.77. The first kappa shape index (κ1) is 13.7. The summed E-state index contributed by atoms with van der Waals surface area (Å²) in [5.74, 6) is -0.589. The number of hydrogen-bond donors (Lipinski definition) is 2. The standard InChI is InChI=1S/C13H17N3O2S/c1-3-10-13(18)16(7(2)12(15)17)9-5-4-8(14)6-11(9)19-10/h4-7,10H,3,14H2,1-2H3,(H2,15,17). The van der Waals surface area contributed by atoms with E-state index >= 15 is 0 Å². The van der Waals surface area contributed by atoms with Crippen LogP contribution in [-0.4, -0.2) is 23.1 Å². The van der Waals surface area contributed by atoms with Crippen LogP contribution in [0.4, 0.5) is 11.4 Å². The molecule has 5 nitrogen and oxygen atoms in total. The molecule has 1 aromatic carbocycles. The predicted molar refractivity (Wildman–Crippen MR) is 76.9 cm³/mol. The summed E-state index contributed by atoms with van der Waals surface area (Å²) >= 11 is 1.49. The van der Waals surface area contributed by atoms with E-state index in [1.807, 2.05) is 13.0 Å². The minimum atomic E-state index is -0.662. The van der Waals surface area contributed by atoms with Gasteiger partial charge in [-0.25, -0.2) is 0 Å². The van der Waals surface area contributed by atoms with Gasteiger partial charge in [0.15, 0.2) is 0 Å². The van der Waals surface area contributed by atoms with E-state index in [2.05, 4.69) is 0 Å². The summed E-state index contributed by atoms with van der Waals surface area (Å²) in [5, 5.41) is -0.198. The average molecular weight is 279 g/mol. The zero-order valence-corrected chi connectivity index (χ0v) is 11.7. The van der Waals surface area contributed by atoms with E-state index in [0.717, 1.165) is 4.90 Å². The molecule has 6 heteroatoms. The lowest BCUT2D eigenvalue weighted by Gasteiger charge is -2.36. The predicted octanol–water partition coefficient (Wildman–Crippen LogP) is 1.36. The molecule has 2 rings (SSSR count). The third kappa shape index (κ3) is 2.40. The van der Waals surface area contributed by atoms with Crippen molar-refractivity contribution in [3.63, 3.8) is 0 Å². The van der Waals surface area contributed by atoms with Gasteiger partial charge in [0.25, 0.3) is 0 Å². The number of carbonyl (C=O) groups is 2. The van der Waals surface area contributed by atoms with Crippen molar-refractivity contribution >= 4 is 35.0 Å². The summed E-state index contributed by atoms with van der Waals surface area (Å²) in [6, 6.07) is 4.65. The lowest BCUT2D eigenvalue weighted by molar-refractivity contribution is -0.124. The number of nitrogens with zero attached hydrogens (tertiary/aromatic N) is 1. The zero-order valence-electron chi connectivity index (χ0n) is 10.9. The molecule has 0 aliphatic carbocycles. The van der Waals surface area contributed by atoms with Crippen molar-refractivity contribution in [2.75, 3.05) is 10.6 Å². The Balaban J connectivity index is 2.51. The van der Waals surface area contributed by atoms with Gasteiger partial charge in [0.05, 0.1) is 10.9 Å². The number of nitrogen functional groups attached to an aromatic ring is 1. The Kier molecular flexibility index (Phi) is 3.71. The van der Waals surface area contributed by atoms with Crippen LogP contribution in [0.5, 0.6) is 0 Å². The van der Waals surface area contributed by atoms with Gasteiger partial charge in [0.2, 0.25) is 11.8 Å². The van der Waals surface area contributed by atoms with Gasteiger partial charge in [-0.2, -0.15) is 0 Å². The van der Waals surface area contributed by atoms with E-state index in [1.54, 1.807) is 19.1 Å². The number of nitrogens with two attached hydrogens (primary N) is 2. The monoisotopic (exact) mass is 279 g/mol. The molecule has 1 aromatic rings. The summed E-state index contributed by atoms with van der Waals surface area (Å²) in [7, 11) is 0. The highest BCUT2D eigenvalue weighted by Gasteiger charge is 2.36. The molecule has 19 heavy (non-hydrogen) atoms. The topological polar surface area (TPSA) is 89.4 Å². The highest BCUT2D eigenvalue weighted by molar-refractivity contribution is 8.01. The molecule has 0 saturated heterocycles. The second-order valence-electron chi connectivity index (χ2n) is 4.53. The summed E-state index contributed by atoms with van der Waals surface area (Å²) in [5.41, 5.74) is 12.5. The smallest absolute Gasteiger partial charge is 0.241 e. The van der Waals surface area contributed by atoms with Crippen molar-refractivity contribution in [3.8, 4) is 0 Å². The Morgan fingerprint density at radius 1 is 1.53 bits per heavy atom. The van der Waals surface area contributed by atoms with E-state index in [1.165, 1.54) is 16.7 Å². The third-order valence-electron chi connectivity index (χ3n) is 3.20.